The van der Waals surface area contributed by atoms with Gasteiger partial charge in [-0.15, -0.1) is 0 Å². The molecule has 0 heterocycles. The topological polar surface area (TPSA) is 27.7 Å². The van der Waals surface area contributed by atoms with Crippen molar-refractivity contribution in [1.82, 2.24) is 0 Å². The molecule has 0 amide bonds. The van der Waals surface area contributed by atoms with Gasteiger partial charge in [-0.3, -0.25) is 0 Å². The summed E-state index contributed by atoms with van der Waals surface area (Å²) in [6.07, 6.45) is 1.87. The van der Waals surface area contributed by atoms with Crippen LogP contribution in [-0.4, -0.2) is 26.3 Å². The number of halogens is 6. The predicted octanol–water partition coefficient (Wildman–Crippen LogP) is 9.96. The molecular formula is C29H46F6O3. The Morgan fingerprint density at radius 3 is 1.53 bits per heavy atom. The molecule has 9 heteroatoms. The summed E-state index contributed by atoms with van der Waals surface area (Å²) in [5.74, 6) is -1.15. The summed E-state index contributed by atoms with van der Waals surface area (Å²) in [5, 5.41) is 0. The summed E-state index contributed by atoms with van der Waals surface area (Å²) in [6, 6.07) is 1.81. The van der Waals surface area contributed by atoms with Gasteiger partial charge in [0.1, 0.15) is 0 Å². The summed E-state index contributed by atoms with van der Waals surface area (Å²) in [7, 11) is 3.15. The molecule has 0 saturated carbocycles. The standard InChI is InChI=1S/C29H46F6O3/c1-6-7-8-9-10-14-17-24(29(36-4,37-5)38-22(2)3)18-15-12-11-13-16-23-19-25(27(30,31)32)21-26(20-23)28(33,34)35/h19-22,24H,6-18H2,1-5H3. The fourth-order valence-corrected chi connectivity index (χ4v) is 4.84. The van der Waals surface area contributed by atoms with E-state index >= 15 is 0 Å². The van der Waals surface area contributed by atoms with Crippen molar-refractivity contribution in [2.45, 2.75) is 129 Å². The Balaban J connectivity index is 2.71. The summed E-state index contributed by atoms with van der Waals surface area (Å²) in [5.41, 5.74) is -2.47. The van der Waals surface area contributed by atoms with Crippen LogP contribution in [0.1, 0.15) is 115 Å². The zero-order chi connectivity index (χ0) is 28.8. The van der Waals surface area contributed by atoms with Crippen LogP contribution >= 0.6 is 0 Å². The number of hydrogen-bond acceptors (Lipinski definition) is 3. The molecule has 0 aliphatic rings. The Morgan fingerprint density at radius 2 is 1.11 bits per heavy atom. The van der Waals surface area contributed by atoms with Crippen LogP contribution in [0.5, 0.6) is 0 Å². The van der Waals surface area contributed by atoms with E-state index in [-0.39, 0.29) is 30.1 Å². The van der Waals surface area contributed by atoms with Gasteiger partial charge in [0.15, 0.2) is 0 Å². The number of hydrogen-bond donors (Lipinski definition) is 0. The molecule has 0 radical (unpaired) electrons. The zero-order valence-corrected chi connectivity index (χ0v) is 23.6. The molecule has 3 nitrogen and oxygen atoms in total. The van der Waals surface area contributed by atoms with Crippen molar-refractivity contribution in [3.63, 3.8) is 0 Å². The summed E-state index contributed by atoms with van der Waals surface area (Å²) < 4.78 is 96.2. The van der Waals surface area contributed by atoms with Crippen molar-refractivity contribution in [2.24, 2.45) is 5.92 Å². The second-order valence-corrected chi connectivity index (χ2v) is 10.3. The molecule has 1 atom stereocenters. The van der Waals surface area contributed by atoms with Crippen molar-refractivity contribution in [3.8, 4) is 0 Å². The van der Waals surface area contributed by atoms with Crippen molar-refractivity contribution in [2.75, 3.05) is 14.2 Å². The first kappa shape index (κ1) is 34.7. The van der Waals surface area contributed by atoms with E-state index in [2.05, 4.69) is 6.92 Å². The Kier molecular flexibility index (Phi) is 15.3. The molecule has 1 rings (SSSR count). The molecule has 0 spiro atoms. The van der Waals surface area contributed by atoms with Gasteiger partial charge in [-0.1, -0.05) is 64.7 Å². The smallest absolute Gasteiger partial charge is 0.331 e. The first-order chi connectivity index (χ1) is 17.8. The molecule has 1 aromatic carbocycles. The lowest BCUT2D eigenvalue weighted by Crippen LogP contribution is -2.46. The molecule has 0 aromatic heterocycles. The van der Waals surface area contributed by atoms with Crippen molar-refractivity contribution in [1.29, 1.82) is 0 Å². The normalized spacial score (nSPS) is 13.9. The van der Waals surface area contributed by atoms with E-state index < -0.39 is 29.5 Å². The average molecular weight is 557 g/mol. The molecule has 38 heavy (non-hydrogen) atoms. The van der Waals surface area contributed by atoms with Crippen molar-refractivity contribution < 1.29 is 40.6 Å². The lowest BCUT2D eigenvalue weighted by Gasteiger charge is -2.39. The van der Waals surface area contributed by atoms with E-state index in [0.717, 1.165) is 50.7 Å². The summed E-state index contributed by atoms with van der Waals surface area (Å²) in [6.45, 7) is 6.03. The fraction of sp³-hybridized carbons (Fsp3) is 0.793. The third-order valence-electron chi connectivity index (χ3n) is 6.79. The Labute approximate surface area is 224 Å². The lowest BCUT2D eigenvalue weighted by molar-refractivity contribution is -0.399. The summed E-state index contributed by atoms with van der Waals surface area (Å²) in [4.78, 5) is 0. The predicted molar refractivity (Wildman–Crippen MR) is 138 cm³/mol. The van der Waals surface area contributed by atoms with Gasteiger partial charge in [0, 0.05) is 20.1 Å². The number of alkyl halides is 6. The average Bonchev–Trinajstić information content (AvgIpc) is 2.84. The number of ether oxygens (including phenoxy) is 3. The van der Waals surface area contributed by atoms with Gasteiger partial charge in [0.25, 0.3) is 5.97 Å². The molecule has 0 aliphatic carbocycles. The molecule has 1 unspecified atom stereocenters. The SMILES string of the molecule is CCCCCCCCC(CCCCCCc1cc(C(F)(F)F)cc(C(F)(F)F)c1)C(OC)(OC)OC(C)C. The number of benzene rings is 1. The minimum absolute atomic E-state index is 0.00360. The van der Waals surface area contributed by atoms with Gasteiger partial charge in [-0.25, -0.2) is 0 Å². The highest BCUT2D eigenvalue weighted by Crippen LogP contribution is 2.37. The maximum atomic E-state index is 13.1. The van der Waals surface area contributed by atoms with Crippen LogP contribution in [0.15, 0.2) is 18.2 Å². The largest absolute Gasteiger partial charge is 0.416 e. The van der Waals surface area contributed by atoms with E-state index in [1.807, 2.05) is 13.8 Å². The first-order valence-corrected chi connectivity index (χ1v) is 13.9. The number of rotatable bonds is 19. The molecule has 0 aliphatic heterocycles. The van der Waals surface area contributed by atoms with Crippen LogP contribution in [-0.2, 0) is 33.0 Å². The number of aryl methyl sites for hydroxylation is 1. The Hall–Kier alpha value is -1.32. The molecular weight excluding hydrogens is 510 g/mol. The van der Waals surface area contributed by atoms with E-state index in [1.165, 1.54) is 25.7 Å². The first-order valence-electron chi connectivity index (χ1n) is 13.9. The van der Waals surface area contributed by atoms with Crippen molar-refractivity contribution in [3.05, 3.63) is 34.9 Å². The lowest BCUT2D eigenvalue weighted by atomic mass is 9.91. The monoisotopic (exact) mass is 556 g/mol. The van der Waals surface area contributed by atoms with Gasteiger partial charge in [0.2, 0.25) is 0 Å². The Morgan fingerprint density at radius 1 is 0.658 bits per heavy atom. The van der Waals surface area contributed by atoms with E-state index in [1.54, 1.807) is 14.2 Å². The summed E-state index contributed by atoms with van der Waals surface area (Å²) >= 11 is 0. The van der Waals surface area contributed by atoms with Gasteiger partial charge in [-0.05, 0) is 63.3 Å². The van der Waals surface area contributed by atoms with Crippen LogP contribution in [0.2, 0.25) is 0 Å². The van der Waals surface area contributed by atoms with Crippen LogP contribution in [0.4, 0.5) is 26.3 Å². The van der Waals surface area contributed by atoms with Crippen LogP contribution in [0.3, 0.4) is 0 Å². The minimum atomic E-state index is -4.83. The molecule has 1 aromatic rings. The molecule has 0 N–H and O–H groups in total. The van der Waals surface area contributed by atoms with Gasteiger partial charge in [-0.2, -0.15) is 26.3 Å². The number of unbranched alkanes of at least 4 members (excludes halogenated alkanes) is 8. The fourth-order valence-electron chi connectivity index (χ4n) is 4.84. The Bertz CT molecular complexity index is 740. The quantitative estimate of drug-likeness (QED) is 0.0964. The van der Waals surface area contributed by atoms with Crippen LogP contribution in [0.25, 0.3) is 0 Å². The van der Waals surface area contributed by atoms with E-state index in [0.29, 0.717) is 12.8 Å². The molecule has 0 saturated heterocycles. The van der Waals surface area contributed by atoms with E-state index in [9.17, 15) is 26.3 Å². The maximum Gasteiger partial charge on any atom is 0.416 e. The third-order valence-corrected chi connectivity index (χ3v) is 6.79. The molecule has 0 bridgehead atoms. The third kappa shape index (κ3) is 12.2. The molecule has 0 fully saturated rings. The molecule has 222 valence electrons. The van der Waals surface area contributed by atoms with Gasteiger partial charge in [0.05, 0.1) is 17.2 Å². The second kappa shape index (κ2) is 16.7. The van der Waals surface area contributed by atoms with E-state index in [4.69, 9.17) is 14.2 Å². The van der Waals surface area contributed by atoms with Gasteiger partial charge >= 0.3 is 12.4 Å². The minimum Gasteiger partial charge on any atom is -0.331 e. The van der Waals surface area contributed by atoms with Crippen LogP contribution in [0, 0.1) is 5.92 Å². The highest BCUT2D eigenvalue weighted by molar-refractivity contribution is 5.33. The highest BCUT2D eigenvalue weighted by Gasteiger charge is 2.41. The number of methoxy groups -OCH3 is 2. The van der Waals surface area contributed by atoms with Gasteiger partial charge < -0.3 is 14.2 Å². The van der Waals surface area contributed by atoms with Crippen LogP contribution < -0.4 is 0 Å². The zero-order valence-electron chi connectivity index (χ0n) is 23.6. The second-order valence-electron chi connectivity index (χ2n) is 10.3. The maximum absolute atomic E-state index is 13.1. The highest BCUT2D eigenvalue weighted by atomic mass is 19.4. The van der Waals surface area contributed by atoms with Crippen molar-refractivity contribution >= 4 is 0 Å².